The van der Waals surface area contributed by atoms with Crippen LogP contribution in [0.5, 0.6) is 0 Å². The van der Waals surface area contributed by atoms with Crippen molar-refractivity contribution in [3.8, 4) is 6.07 Å². The molecule has 2 atom stereocenters. The summed E-state index contributed by atoms with van der Waals surface area (Å²) < 4.78 is 4.94. The number of fused-ring (bicyclic) bond motifs is 1. The predicted octanol–water partition coefficient (Wildman–Crippen LogP) is 2.97. The number of esters is 1. The number of hydrogen-bond donors (Lipinski definition) is 0. The minimum Gasteiger partial charge on any atom is -0.462 e. The number of rotatable bonds is 2. The molecule has 3 nitrogen and oxygen atoms in total. The van der Waals surface area contributed by atoms with Gasteiger partial charge in [0.15, 0.2) is 0 Å². The van der Waals surface area contributed by atoms with Crippen LogP contribution >= 0.6 is 0 Å². The van der Waals surface area contributed by atoms with Gasteiger partial charge in [-0.3, -0.25) is 0 Å². The van der Waals surface area contributed by atoms with Crippen LogP contribution in [0.2, 0.25) is 0 Å². The molecule has 0 N–H and O–H groups in total. The topological polar surface area (TPSA) is 50.1 Å². The summed E-state index contributed by atoms with van der Waals surface area (Å²) in [5.41, 5.74) is 1.84. The zero-order valence-corrected chi connectivity index (χ0v) is 10.8. The first-order chi connectivity index (χ1) is 7.96. The van der Waals surface area contributed by atoms with Crippen molar-refractivity contribution in [1.82, 2.24) is 0 Å². The maximum absolute atomic E-state index is 11.7. The standard InChI is InChI=1S/C14H19NO2/c1-4-17-12(16)11(9-15)10-7-13(2)5-6-14(13,3)8-10/h4-8H2,1-3H3/b11-10-/t13-,14+/m0/s1. The summed E-state index contributed by atoms with van der Waals surface area (Å²) in [5, 5.41) is 9.14. The van der Waals surface area contributed by atoms with Gasteiger partial charge >= 0.3 is 5.97 Å². The minimum atomic E-state index is -0.446. The second-order valence-electron chi connectivity index (χ2n) is 5.79. The smallest absolute Gasteiger partial charge is 0.348 e. The van der Waals surface area contributed by atoms with E-state index in [1.165, 1.54) is 12.8 Å². The van der Waals surface area contributed by atoms with Gasteiger partial charge in [-0.2, -0.15) is 5.26 Å². The van der Waals surface area contributed by atoms with Gasteiger partial charge in [0.25, 0.3) is 0 Å². The quantitative estimate of drug-likeness (QED) is 0.418. The van der Waals surface area contributed by atoms with E-state index in [2.05, 4.69) is 13.8 Å². The van der Waals surface area contributed by atoms with Crippen molar-refractivity contribution >= 4 is 5.97 Å². The third-order valence-corrected chi connectivity index (χ3v) is 4.84. The van der Waals surface area contributed by atoms with Gasteiger partial charge < -0.3 is 4.74 Å². The average Bonchev–Trinajstić information content (AvgIpc) is 2.43. The maximum Gasteiger partial charge on any atom is 0.348 e. The Hall–Kier alpha value is -1.30. The van der Waals surface area contributed by atoms with Crippen molar-refractivity contribution in [3.05, 3.63) is 11.1 Å². The molecule has 0 unspecified atom stereocenters. The number of carbonyl (C=O) groups excluding carboxylic acids is 1. The summed E-state index contributed by atoms with van der Waals surface area (Å²) in [6.45, 7) is 6.62. The number of allylic oxidation sites excluding steroid dienone is 1. The van der Waals surface area contributed by atoms with Crippen LogP contribution in [0.25, 0.3) is 0 Å². The fourth-order valence-electron chi connectivity index (χ4n) is 3.24. The molecule has 17 heavy (non-hydrogen) atoms. The molecule has 2 aliphatic rings. The second-order valence-corrected chi connectivity index (χ2v) is 5.79. The summed E-state index contributed by atoms with van der Waals surface area (Å²) in [5.74, 6) is -0.446. The van der Waals surface area contributed by atoms with Gasteiger partial charge in [0.05, 0.1) is 6.61 Å². The van der Waals surface area contributed by atoms with Crippen LogP contribution < -0.4 is 0 Å². The van der Waals surface area contributed by atoms with Gasteiger partial charge in [-0.25, -0.2) is 4.79 Å². The third-order valence-electron chi connectivity index (χ3n) is 4.84. The summed E-state index contributed by atoms with van der Waals surface area (Å²) in [6, 6.07) is 2.04. The summed E-state index contributed by atoms with van der Waals surface area (Å²) >= 11 is 0. The van der Waals surface area contributed by atoms with Crippen molar-refractivity contribution in [1.29, 1.82) is 5.26 Å². The van der Waals surface area contributed by atoms with E-state index in [1.54, 1.807) is 6.92 Å². The SMILES string of the molecule is CCOC(=O)/C(C#N)=C1/C[C@]2(C)CC[C@]2(C)C1. The lowest BCUT2D eigenvalue weighted by atomic mass is 9.53. The van der Waals surface area contributed by atoms with Crippen LogP contribution in [0.1, 0.15) is 46.5 Å². The Labute approximate surface area is 102 Å². The molecular weight excluding hydrogens is 214 g/mol. The highest BCUT2D eigenvalue weighted by Gasteiger charge is 2.57. The Kier molecular flexibility index (Phi) is 2.77. The van der Waals surface area contributed by atoms with Gasteiger partial charge in [-0.15, -0.1) is 0 Å². The fraction of sp³-hybridized carbons (Fsp3) is 0.714. The fourth-order valence-corrected chi connectivity index (χ4v) is 3.24. The van der Waals surface area contributed by atoms with E-state index in [-0.39, 0.29) is 16.4 Å². The highest BCUT2D eigenvalue weighted by Crippen LogP contribution is 2.67. The molecule has 0 aliphatic heterocycles. The van der Waals surface area contributed by atoms with Gasteiger partial charge in [0, 0.05) is 0 Å². The first kappa shape index (κ1) is 12.2. The van der Waals surface area contributed by atoms with Crippen molar-refractivity contribution in [2.24, 2.45) is 10.8 Å². The third kappa shape index (κ3) is 1.67. The van der Waals surface area contributed by atoms with E-state index in [4.69, 9.17) is 10.00 Å². The molecule has 0 heterocycles. The molecule has 0 aromatic heterocycles. The van der Waals surface area contributed by atoms with Crippen molar-refractivity contribution in [2.45, 2.75) is 46.5 Å². The van der Waals surface area contributed by atoms with E-state index < -0.39 is 5.97 Å². The van der Waals surface area contributed by atoms with E-state index in [0.29, 0.717) is 6.61 Å². The summed E-state index contributed by atoms with van der Waals surface area (Å²) in [7, 11) is 0. The van der Waals surface area contributed by atoms with Crippen LogP contribution in [0, 0.1) is 22.2 Å². The number of nitriles is 1. The Morgan fingerprint density at radius 2 is 1.88 bits per heavy atom. The second kappa shape index (κ2) is 3.87. The van der Waals surface area contributed by atoms with E-state index in [9.17, 15) is 4.79 Å². The number of nitrogens with zero attached hydrogens (tertiary/aromatic N) is 1. The van der Waals surface area contributed by atoms with Gasteiger partial charge in [0.1, 0.15) is 11.6 Å². The molecule has 2 saturated carbocycles. The highest BCUT2D eigenvalue weighted by atomic mass is 16.5. The lowest BCUT2D eigenvalue weighted by Gasteiger charge is -2.51. The van der Waals surface area contributed by atoms with Gasteiger partial charge in [0.2, 0.25) is 0 Å². The summed E-state index contributed by atoms with van der Waals surface area (Å²) in [4.78, 5) is 11.7. The van der Waals surface area contributed by atoms with E-state index in [0.717, 1.165) is 18.4 Å². The first-order valence-corrected chi connectivity index (χ1v) is 6.25. The highest BCUT2D eigenvalue weighted by molar-refractivity contribution is 5.93. The molecule has 2 rings (SSSR count). The minimum absolute atomic E-state index is 0.253. The Morgan fingerprint density at radius 1 is 1.35 bits per heavy atom. The van der Waals surface area contributed by atoms with E-state index >= 15 is 0 Å². The molecule has 3 heteroatoms. The predicted molar refractivity (Wildman–Crippen MR) is 64.0 cm³/mol. The van der Waals surface area contributed by atoms with Gasteiger partial charge in [-0.05, 0) is 49.0 Å². The molecule has 0 amide bonds. The maximum atomic E-state index is 11.7. The van der Waals surface area contributed by atoms with Crippen LogP contribution in [0.3, 0.4) is 0 Å². The normalized spacial score (nSPS) is 37.8. The molecule has 0 aromatic rings. The number of carbonyl (C=O) groups is 1. The lowest BCUT2D eigenvalue weighted by Crippen LogP contribution is -2.42. The Morgan fingerprint density at radius 3 is 2.24 bits per heavy atom. The monoisotopic (exact) mass is 233 g/mol. The molecule has 0 saturated heterocycles. The molecule has 92 valence electrons. The van der Waals surface area contributed by atoms with Crippen LogP contribution in [0.15, 0.2) is 11.1 Å². The molecule has 0 bridgehead atoms. The molecule has 0 aromatic carbocycles. The molecule has 0 spiro atoms. The first-order valence-electron chi connectivity index (χ1n) is 6.25. The van der Waals surface area contributed by atoms with E-state index in [1.807, 2.05) is 6.07 Å². The Balaban J connectivity index is 2.28. The molecule has 2 aliphatic carbocycles. The lowest BCUT2D eigenvalue weighted by molar-refractivity contribution is -0.138. The Bertz CT molecular complexity index is 412. The van der Waals surface area contributed by atoms with Crippen LogP contribution in [0.4, 0.5) is 0 Å². The zero-order chi connectivity index (χ0) is 12.7. The average molecular weight is 233 g/mol. The number of hydrogen-bond acceptors (Lipinski definition) is 3. The summed E-state index contributed by atoms with van der Waals surface area (Å²) in [6.07, 6.45) is 4.17. The van der Waals surface area contributed by atoms with Crippen molar-refractivity contribution < 1.29 is 9.53 Å². The van der Waals surface area contributed by atoms with Crippen LogP contribution in [-0.2, 0) is 9.53 Å². The van der Waals surface area contributed by atoms with Gasteiger partial charge in [-0.1, -0.05) is 13.8 Å². The van der Waals surface area contributed by atoms with Crippen LogP contribution in [-0.4, -0.2) is 12.6 Å². The van der Waals surface area contributed by atoms with Crippen molar-refractivity contribution in [3.63, 3.8) is 0 Å². The van der Waals surface area contributed by atoms with Crippen molar-refractivity contribution in [2.75, 3.05) is 6.61 Å². The largest absolute Gasteiger partial charge is 0.462 e. The molecule has 0 radical (unpaired) electrons. The molecule has 2 fully saturated rings. The number of ether oxygens (including phenoxy) is 1. The zero-order valence-electron chi connectivity index (χ0n) is 10.8. The molecular formula is C14H19NO2.